The van der Waals surface area contributed by atoms with E-state index in [2.05, 4.69) is 9.97 Å². The third-order valence-corrected chi connectivity index (χ3v) is 10.7. The third-order valence-electron chi connectivity index (χ3n) is 9.68. The normalized spacial score (nSPS) is 26.0. The van der Waals surface area contributed by atoms with E-state index in [0.29, 0.717) is 37.4 Å². The van der Waals surface area contributed by atoms with Gasteiger partial charge in [0.05, 0.1) is 33.6 Å². The van der Waals surface area contributed by atoms with E-state index in [0.717, 1.165) is 31.0 Å². The lowest BCUT2D eigenvalue weighted by Crippen LogP contribution is -2.57. The molecule has 2 aromatic heterocycles. The van der Waals surface area contributed by atoms with Gasteiger partial charge in [0.15, 0.2) is 5.82 Å². The van der Waals surface area contributed by atoms with Crippen molar-refractivity contribution in [3.63, 3.8) is 0 Å². The fourth-order valence-electron chi connectivity index (χ4n) is 7.67. The molecule has 9 rings (SSSR count). The second-order valence-corrected chi connectivity index (χ2v) is 13.5. The van der Waals surface area contributed by atoms with E-state index in [1.165, 1.54) is 0 Å². The number of thiophene rings is 1. The summed E-state index contributed by atoms with van der Waals surface area (Å²) in [6.07, 6.45) is -3.76. The van der Waals surface area contributed by atoms with Gasteiger partial charge in [-0.15, -0.1) is 11.3 Å². The van der Waals surface area contributed by atoms with Crippen LogP contribution in [0.25, 0.3) is 32.1 Å². The Morgan fingerprint density at radius 2 is 1.93 bits per heavy atom. The quantitative estimate of drug-likeness (QED) is 0.253. The number of ether oxygens (including phenoxy) is 2. The number of nitriles is 1. The number of hydrogen-bond donors (Lipinski definition) is 1. The molecule has 0 aliphatic carbocycles. The zero-order chi connectivity index (χ0) is 32.1. The molecule has 240 valence electrons. The predicted molar refractivity (Wildman–Crippen MR) is 158 cm³/mol. The Kier molecular flexibility index (Phi) is 6.62. The van der Waals surface area contributed by atoms with Gasteiger partial charge in [0, 0.05) is 48.8 Å². The minimum Gasteiger partial charge on any atom is -0.461 e. The first-order chi connectivity index (χ1) is 22.0. The van der Waals surface area contributed by atoms with Crippen LogP contribution < -0.4 is 15.4 Å². The van der Waals surface area contributed by atoms with Crippen molar-refractivity contribution in [1.29, 1.82) is 5.26 Å². The van der Waals surface area contributed by atoms with Crippen LogP contribution in [0.15, 0.2) is 18.2 Å². The number of rotatable bonds is 5. The minimum atomic E-state index is -5.06. The molecule has 5 aliphatic rings. The molecule has 0 spiro atoms. The summed E-state index contributed by atoms with van der Waals surface area (Å²) in [6, 6.07) is 4.31. The summed E-state index contributed by atoms with van der Waals surface area (Å²) in [4.78, 5) is 12.6. The maximum Gasteiger partial charge on any atom is 0.417 e. The smallest absolute Gasteiger partial charge is 0.417 e. The molecule has 2 N–H and O–H groups in total. The molecular formula is C31H26F6N6O2S. The van der Waals surface area contributed by atoms with Gasteiger partial charge in [-0.25, -0.2) is 13.2 Å². The Morgan fingerprint density at radius 3 is 2.65 bits per heavy atom. The number of nitrogens with zero attached hydrogens (tertiary/aromatic N) is 5. The predicted octanol–water partition coefficient (Wildman–Crippen LogP) is 6.20. The number of nitrogens with two attached hydrogens (primary N) is 1. The molecule has 2 aromatic carbocycles. The minimum absolute atomic E-state index is 0.0279. The number of benzene rings is 2. The van der Waals surface area contributed by atoms with Gasteiger partial charge in [-0.2, -0.15) is 28.4 Å². The van der Waals surface area contributed by atoms with E-state index < -0.39 is 46.2 Å². The summed E-state index contributed by atoms with van der Waals surface area (Å²) >= 11 is 0.697. The molecule has 4 unspecified atom stereocenters. The van der Waals surface area contributed by atoms with Gasteiger partial charge in [-0.05, 0) is 37.1 Å². The third kappa shape index (κ3) is 4.48. The SMILES string of the molecule is N#Cc1c(N)sc2c(F)ccc(-c3c(C(F)(F)F)cc4c(N5CC6CC(C5)O6)nc(OCC56CCCN5CC(F)C6)nc4c3F)c12. The van der Waals surface area contributed by atoms with Crippen molar-refractivity contribution in [2.24, 2.45) is 0 Å². The summed E-state index contributed by atoms with van der Waals surface area (Å²) in [5.41, 5.74) is 2.11. The molecule has 4 aromatic rings. The first kappa shape index (κ1) is 29.5. The van der Waals surface area contributed by atoms with Crippen LogP contribution in [0, 0.1) is 23.0 Å². The Balaban J connectivity index is 1.34. The highest BCUT2D eigenvalue weighted by molar-refractivity contribution is 7.23. The molecule has 4 atom stereocenters. The van der Waals surface area contributed by atoms with Gasteiger partial charge in [-0.3, -0.25) is 4.90 Å². The van der Waals surface area contributed by atoms with Crippen LogP contribution in [0.2, 0.25) is 0 Å². The zero-order valence-corrected chi connectivity index (χ0v) is 25.0. The highest BCUT2D eigenvalue weighted by Gasteiger charge is 2.49. The van der Waals surface area contributed by atoms with E-state index in [1.807, 2.05) is 11.0 Å². The molecule has 0 saturated carbocycles. The molecule has 8 nitrogen and oxygen atoms in total. The summed E-state index contributed by atoms with van der Waals surface area (Å²) < 4.78 is 102. The Bertz CT molecular complexity index is 1950. The fourth-order valence-corrected chi connectivity index (χ4v) is 8.62. The van der Waals surface area contributed by atoms with Gasteiger partial charge in [-0.1, -0.05) is 6.07 Å². The van der Waals surface area contributed by atoms with Gasteiger partial charge in [0.1, 0.15) is 41.0 Å². The van der Waals surface area contributed by atoms with E-state index in [4.69, 9.17) is 15.2 Å². The second-order valence-electron chi connectivity index (χ2n) is 12.5. The standard InChI is InChI=1S/C31H26F6N6O2S/c32-14-8-30(4-1-5-43(30)10-14)13-44-29-40-25-18(28(41-29)42-11-15-6-16(12-42)45-15)7-20(31(35,36)37)23(24(25)34)17-2-3-21(33)26-22(17)19(9-38)27(39)46-26/h2-3,7,14-16H,1,4-6,8,10-13,39H2. The Labute approximate surface area is 262 Å². The molecule has 0 amide bonds. The topological polar surface area (TPSA) is 101 Å². The molecular weight excluding hydrogens is 634 g/mol. The van der Waals surface area contributed by atoms with Crippen LogP contribution in [0.3, 0.4) is 0 Å². The van der Waals surface area contributed by atoms with Crippen molar-refractivity contribution < 1.29 is 35.8 Å². The lowest BCUT2D eigenvalue weighted by atomic mass is 9.92. The molecule has 0 radical (unpaired) electrons. The van der Waals surface area contributed by atoms with Gasteiger partial charge >= 0.3 is 12.2 Å². The van der Waals surface area contributed by atoms with E-state index in [9.17, 15) is 27.2 Å². The molecule has 5 fully saturated rings. The molecule has 7 heterocycles. The van der Waals surface area contributed by atoms with Gasteiger partial charge in [0.2, 0.25) is 0 Å². The number of piperidine rings is 1. The molecule has 46 heavy (non-hydrogen) atoms. The van der Waals surface area contributed by atoms with Crippen molar-refractivity contribution in [3.8, 4) is 23.2 Å². The molecule has 5 aliphatic heterocycles. The lowest BCUT2D eigenvalue weighted by Gasteiger charge is -2.47. The summed E-state index contributed by atoms with van der Waals surface area (Å²) in [5.74, 6) is -2.07. The number of fused-ring (bicyclic) bond motifs is 5. The fraction of sp³-hybridized carbons (Fsp3) is 0.452. The van der Waals surface area contributed by atoms with Crippen LogP contribution in [0.5, 0.6) is 6.01 Å². The highest BCUT2D eigenvalue weighted by Crippen LogP contribution is 2.48. The first-order valence-electron chi connectivity index (χ1n) is 14.9. The van der Waals surface area contributed by atoms with Gasteiger partial charge in [0.25, 0.3) is 0 Å². The average molecular weight is 661 g/mol. The number of hydrogen-bond acceptors (Lipinski definition) is 9. The van der Waals surface area contributed by atoms with Gasteiger partial charge < -0.3 is 20.1 Å². The molecule has 15 heteroatoms. The van der Waals surface area contributed by atoms with Crippen LogP contribution in [0.1, 0.15) is 36.8 Å². The Hall–Kier alpha value is -3.87. The van der Waals surface area contributed by atoms with Crippen molar-refractivity contribution in [1.82, 2.24) is 14.9 Å². The number of alkyl halides is 4. The summed E-state index contributed by atoms with van der Waals surface area (Å²) in [7, 11) is 0. The van der Waals surface area contributed by atoms with Crippen LogP contribution >= 0.6 is 11.3 Å². The Morgan fingerprint density at radius 1 is 1.17 bits per heavy atom. The number of morpholine rings is 1. The van der Waals surface area contributed by atoms with Crippen LogP contribution in [-0.2, 0) is 10.9 Å². The molecule has 5 saturated heterocycles. The number of aromatic nitrogens is 2. The number of halogens is 6. The molecule has 2 bridgehead atoms. The van der Waals surface area contributed by atoms with E-state index in [-0.39, 0.29) is 75.2 Å². The maximum absolute atomic E-state index is 16.9. The average Bonchev–Trinajstić information content (AvgIpc) is 3.65. The lowest BCUT2D eigenvalue weighted by molar-refractivity contribution is -0.137. The highest BCUT2D eigenvalue weighted by atomic mass is 32.1. The number of nitrogen functional groups attached to an aromatic ring is 1. The van der Waals surface area contributed by atoms with Crippen LogP contribution in [0.4, 0.5) is 37.2 Å². The van der Waals surface area contributed by atoms with Crippen molar-refractivity contribution in [2.75, 3.05) is 43.4 Å². The zero-order valence-electron chi connectivity index (χ0n) is 24.1. The summed E-state index contributed by atoms with van der Waals surface area (Å²) in [6.45, 7) is 1.68. The van der Waals surface area contributed by atoms with E-state index >= 15 is 4.39 Å². The number of anilines is 2. The van der Waals surface area contributed by atoms with Crippen molar-refractivity contribution in [3.05, 3.63) is 41.0 Å². The largest absolute Gasteiger partial charge is 0.461 e. The van der Waals surface area contributed by atoms with Crippen molar-refractivity contribution in [2.45, 2.75) is 55.8 Å². The second kappa shape index (κ2) is 10.3. The first-order valence-corrected chi connectivity index (χ1v) is 15.7. The monoisotopic (exact) mass is 660 g/mol. The van der Waals surface area contributed by atoms with Crippen LogP contribution in [-0.4, -0.2) is 71.6 Å². The summed E-state index contributed by atoms with van der Waals surface area (Å²) in [5, 5.41) is 9.27. The van der Waals surface area contributed by atoms with E-state index in [1.54, 1.807) is 4.90 Å². The maximum atomic E-state index is 16.9. The van der Waals surface area contributed by atoms with Crippen molar-refractivity contribution >= 4 is 43.1 Å².